The second kappa shape index (κ2) is 4.34. The number of piperazine rings is 1. The molecule has 1 amide bonds. The summed E-state index contributed by atoms with van der Waals surface area (Å²) >= 11 is 0. The maximum atomic E-state index is 12.1. The fourth-order valence-corrected chi connectivity index (χ4v) is 3.05. The van der Waals surface area contributed by atoms with Gasteiger partial charge in [-0.2, -0.15) is 4.31 Å². The van der Waals surface area contributed by atoms with E-state index in [0.29, 0.717) is 6.54 Å². The van der Waals surface area contributed by atoms with Crippen LogP contribution in [-0.2, 0) is 14.8 Å². The van der Waals surface area contributed by atoms with Crippen molar-refractivity contribution in [3.05, 3.63) is 24.3 Å². The number of nitrogens with one attached hydrogen (secondary N) is 1. The van der Waals surface area contributed by atoms with Crippen molar-refractivity contribution >= 4 is 15.9 Å². The molecule has 0 aromatic heterocycles. The number of phenolic OH excluding ortho intramolecular Hbond substituents is 1. The predicted octanol–water partition coefficient (Wildman–Crippen LogP) is -0.487. The lowest BCUT2D eigenvalue weighted by atomic mass is 10.3. The number of benzene rings is 1. The number of carbonyl (C=O) groups excluding carboxylic acids is 1. The number of hydrogen-bond donors (Lipinski definition) is 2. The molecule has 2 N–H and O–H groups in total. The molecule has 0 unspecified atom stereocenters. The Morgan fingerprint density at radius 1 is 1.35 bits per heavy atom. The number of nitrogens with zero attached hydrogens (tertiary/aromatic N) is 1. The molecule has 1 saturated heterocycles. The molecule has 1 heterocycles. The zero-order chi connectivity index (χ0) is 12.5. The quantitative estimate of drug-likeness (QED) is 0.747. The van der Waals surface area contributed by atoms with Crippen LogP contribution in [0.1, 0.15) is 0 Å². The SMILES string of the molecule is O=C1CN(S(=O)(=O)c2cccc(O)c2)CCN1. The van der Waals surface area contributed by atoms with Crippen molar-refractivity contribution in [3.8, 4) is 5.75 Å². The van der Waals surface area contributed by atoms with Gasteiger partial charge in [-0.3, -0.25) is 4.79 Å². The van der Waals surface area contributed by atoms with E-state index in [4.69, 9.17) is 0 Å². The normalized spacial score (nSPS) is 17.8. The first-order chi connectivity index (χ1) is 8.00. The average molecular weight is 256 g/mol. The van der Waals surface area contributed by atoms with E-state index in [-0.39, 0.29) is 29.6 Å². The second-order valence-electron chi connectivity index (χ2n) is 3.69. The molecule has 1 aliphatic heterocycles. The highest BCUT2D eigenvalue weighted by molar-refractivity contribution is 7.89. The lowest BCUT2D eigenvalue weighted by Crippen LogP contribution is -2.49. The third-order valence-corrected chi connectivity index (χ3v) is 4.30. The molecule has 0 saturated carbocycles. The lowest BCUT2D eigenvalue weighted by molar-refractivity contribution is -0.122. The first-order valence-electron chi connectivity index (χ1n) is 5.06. The minimum atomic E-state index is -3.70. The fourth-order valence-electron chi connectivity index (χ4n) is 1.61. The van der Waals surface area contributed by atoms with Crippen LogP contribution in [0.15, 0.2) is 29.2 Å². The number of sulfonamides is 1. The summed E-state index contributed by atoms with van der Waals surface area (Å²) < 4.78 is 25.3. The van der Waals surface area contributed by atoms with E-state index in [1.807, 2.05) is 0 Å². The molecule has 1 fully saturated rings. The Morgan fingerprint density at radius 3 is 2.76 bits per heavy atom. The minimum Gasteiger partial charge on any atom is -0.508 e. The molecule has 7 heteroatoms. The zero-order valence-electron chi connectivity index (χ0n) is 8.96. The van der Waals surface area contributed by atoms with Crippen LogP contribution in [0, 0.1) is 0 Å². The molecule has 0 spiro atoms. The van der Waals surface area contributed by atoms with Crippen LogP contribution in [-0.4, -0.2) is 43.4 Å². The van der Waals surface area contributed by atoms with E-state index in [2.05, 4.69) is 5.32 Å². The van der Waals surface area contributed by atoms with Gasteiger partial charge < -0.3 is 10.4 Å². The van der Waals surface area contributed by atoms with Gasteiger partial charge in [0.05, 0.1) is 11.4 Å². The van der Waals surface area contributed by atoms with Gasteiger partial charge in [0, 0.05) is 13.1 Å². The van der Waals surface area contributed by atoms with E-state index in [1.54, 1.807) is 0 Å². The molecule has 2 rings (SSSR count). The third-order valence-electron chi connectivity index (χ3n) is 2.46. The largest absolute Gasteiger partial charge is 0.508 e. The molecule has 0 aliphatic carbocycles. The van der Waals surface area contributed by atoms with Crippen molar-refractivity contribution in [2.24, 2.45) is 0 Å². The zero-order valence-corrected chi connectivity index (χ0v) is 9.77. The van der Waals surface area contributed by atoms with Crippen molar-refractivity contribution in [1.29, 1.82) is 0 Å². The Bertz CT molecular complexity index is 541. The molecule has 1 aromatic rings. The first kappa shape index (κ1) is 11.9. The summed E-state index contributed by atoms with van der Waals surface area (Å²) in [6.45, 7) is 0.360. The monoisotopic (exact) mass is 256 g/mol. The highest BCUT2D eigenvalue weighted by Gasteiger charge is 2.29. The lowest BCUT2D eigenvalue weighted by Gasteiger charge is -2.25. The van der Waals surface area contributed by atoms with E-state index in [0.717, 1.165) is 4.31 Å². The van der Waals surface area contributed by atoms with Crippen LogP contribution in [0.5, 0.6) is 5.75 Å². The summed E-state index contributed by atoms with van der Waals surface area (Å²) in [4.78, 5) is 11.1. The van der Waals surface area contributed by atoms with Crippen LogP contribution in [0.25, 0.3) is 0 Å². The van der Waals surface area contributed by atoms with E-state index in [9.17, 15) is 18.3 Å². The molecule has 0 bridgehead atoms. The number of amides is 1. The molecule has 92 valence electrons. The maximum absolute atomic E-state index is 12.1. The molecule has 1 aromatic carbocycles. The minimum absolute atomic E-state index is 0.00722. The van der Waals surface area contributed by atoms with Crippen LogP contribution in [0.3, 0.4) is 0 Å². The van der Waals surface area contributed by atoms with Gasteiger partial charge in [-0.15, -0.1) is 0 Å². The van der Waals surface area contributed by atoms with Crippen molar-refractivity contribution in [3.63, 3.8) is 0 Å². The van der Waals surface area contributed by atoms with Crippen LogP contribution in [0.2, 0.25) is 0 Å². The summed E-state index contributed by atoms with van der Waals surface area (Å²) in [5, 5.41) is 11.8. The van der Waals surface area contributed by atoms with Gasteiger partial charge in [0.25, 0.3) is 0 Å². The first-order valence-corrected chi connectivity index (χ1v) is 6.50. The third kappa shape index (κ3) is 2.40. The molecular weight excluding hydrogens is 244 g/mol. The van der Waals surface area contributed by atoms with Gasteiger partial charge in [-0.1, -0.05) is 6.07 Å². The second-order valence-corrected chi connectivity index (χ2v) is 5.62. The average Bonchev–Trinajstić information content (AvgIpc) is 2.29. The Labute approximate surface area is 98.9 Å². The number of phenols is 1. The molecule has 0 radical (unpaired) electrons. The van der Waals surface area contributed by atoms with Gasteiger partial charge in [-0.25, -0.2) is 8.42 Å². The summed E-state index contributed by atoms with van der Waals surface area (Å²) in [5.74, 6) is -0.437. The maximum Gasteiger partial charge on any atom is 0.243 e. The molecule has 1 aliphatic rings. The van der Waals surface area contributed by atoms with Crippen molar-refractivity contribution in [1.82, 2.24) is 9.62 Å². The Balaban J connectivity index is 2.33. The van der Waals surface area contributed by atoms with Crippen LogP contribution >= 0.6 is 0 Å². The van der Waals surface area contributed by atoms with Gasteiger partial charge in [-0.05, 0) is 18.2 Å². The molecule has 17 heavy (non-hydrogen) atoms. The highest BCUT2D eigenvalue weighted by Crippen LogP contribution is 2.20. The summed E-state index contributed by atoms with van der Waals surface area (Å²) in [7, 11) is -3.70. The summed E-state index contributed by atoms with van der Waals surface area (Å²) in [5.41, 5.74) is 0. The number of hydrogen-bond acceptors (Lipinski definition) is 4. The van der Waals surface area contributed by atoms with Gasteiger partial charge in [0.1, 0.15) is 5.75 Å². The number of carbonyl (C=O) groups is 1. The Morgan fingerprint density at radius 2 is 2.12 bits per heavy atom. The van der Waals surface area contributed by atoms with Crippen molar-refractivity contribution in [2.75, 3.05) is 19.6 Å². The van der Waals surface area contributed by atoms with Gasteiger partial charge >= 0.3 is 0 Å². The van der Waals surface area contributed by atoms with E-state index in [1.165, 1.54) is 24.3 Å². The smallest absolute Gasteiger partial charge is 0.243 e. The van der Waals surface area contributed by atoms with E-state index < -0.39 is 10.0 Å². The van der Waals surface area contributed by atoms with Gasteiger partial charge in [0.2, 0.25) is 15.9 Å². The number of aromatic hydroxyl groups is 1. The van der Waals surface area contributed by atoms with Crippen LogP contribution in [0.4, 0.5) is 0 Å². The molecular formula is C10H12N2O4S. The van der Waals surface area contributed by atoms with Crippen LogP contribution < -0.4 is 5.32 Å². The standard InChI is InChI=1S/C10H12N2O4S/c13-8-2-1-3-9(6-8)17(15,16)12-5-4-11-10(14)7-12/h1-3,6,13H,4-5,7H2,(H,11,14). The van der Waals surface area contributed by atoms with Crippen molar-refractivity contribution in [2.45, 2.75) is 4.90 Å². The van der Waals surface area contributed by atoms with E-state index >= 15 is 0 Å². The Kier molecular flexibility index (Phi) is 3.03. The fraction of sp³-hybridized carbons (Fsp3) is 0.300. The summed E-state index contributed by atoms with van der Waals surface area (Å²) in [6.07, 6.45) is 0. The van der Waals surface area contributed by atoms with Gasteiger partial charge in [0.15, 0.2) is 0 Å². The highest BCUT2D eigenvalue weighted by atomic mass is 32.2. The molecule has 0 atom stereocenters. The topological polar surface area (TPSA) is 86.7 Å². The summed E-state index contributed by atoms with van der Waals surface area (Å²) in [6, 6.07) is 5.40. The molecule has 6 nitrogen and oxygen atoms in total. The van der Waals surface area contributed by atoms with Crippen molar-refractivity contribution < 1.29 is 18.3 Å². The Hall–Kier alpha value is -1.60. The predicted molar refractivity (Wildman–Crippen MR) is 59.9 cm³/mol. The number of rotatable bonds is 2.